The normalized spacial score (nSPS) is 18.0. The Morgan fingerprint density at radius 2 is 1.02 bits per heavy atom. The number of fused-ring (bicyclic) bond motifs is 1. The largest absolute Gasteiger partial charge is 0.508 e. The number of aliphatic hydroxyl groups is 4. The van der Waals surface area contributed by atoms with Crippen LogP contribution in [0.3, 0.4) is 0 Å². The molecule has 12 atom stereocenters. The topological polar surface area (TPSA) is 450 Å². The third-order valence-corrected chi connectivity index (χ3v) is 22.9. The zero-order valence-electron chi connectivity index (χ0n) is 77.4. The average molecular weight is 1870 g/mol. The molecule has 722 valence electrons. The summed E-state index contributed by atoms with van der Waals surface area (Å²) in [6, 6.07) is 35.8. The number of thioether (sulfide) groups is 2. The number of carboxylic acids is 1. The van der Waals surface area contributed by atoms with Crippen molar-refractivity contribution in [3.63, 3.8) is 0 Å². The second-order valence-electron chi connectivity index (χ2n) is 30.0. The molecule has 1 aromatic heterocycles. The SMILES string of the molecule is C/C=C(/C=O)[C@@H](CC)CC(=O)OCC.C/C=C(/C=O)[C@@H](CC)CC(=O)OCCOc1ccccc1.C/C=C(/C=O)[C@@H](CC)CC(=O)OCc1cc2ccccc2[nH]1.C/C=C(/C=O)[C@@H](CC=O)CC(=O)OCCCSC.C/C=C(/C=O)[C@@H](CC=O)CC(=O)SCCc1ccccc1.C/C=C1\[C@H](CC(=O)OCCc2cccc(O)c2)C(C(=O)O)=CC[C@H]1O[C@@H]1O[C@H](CO)[C@@H](O)[C@H](O)[C@H]1O. The third-order valence-electron chi connectivity index (χ3n) is 21.3. The standard InChI is InChI=1S/C25H32O11.C18H21NO3.C17H22O4.C17H20O3S.C13H20O4S.C11H18O3/c1-2-15-17(11-20(28)34-9-8-13-4-3-5-14(27)10-13)16(24(32)33)6-7-18(15)35-25-23(31)22(30)21(29)19(12-26)36-25;1-3-13(14(4-2)11-20)10-18(21)22-12-16-9-15-7-5-6-8-17(15)19-16;1-3-14(15(4-2)13-18)12-17(19)21-11-10-20-16-8-6-5-7-9-16;1-2-15(13-19)16(8-10-18)12-17(20)21-11-9-14-6-4-3-5-7-14;1-3-11(10-15)12(5-6-14)9-13(16)17-7-4-8-18-2;1-4-9(10(5-2)8-12)7-11(13)14-6-3/h2-6,10,17-19,21-23,25-27,29-31H,7-9,11-12H2,1H3,(H,32,33);4-9,11,13,19H,3,10,12H2,1-2H3;4-9,13-14H,3,10-12H2,1-2H3;2-7,10,13,16H,8-9,11-12H2,1H3;3,6,10,12H,4-5,7-9H2,1-2H3;5,8-9H,4,6-7H2,1-3H3/b15-2+;14-4-;15-4-;15-2-;11-3-;10-5-/t17-,18+,19+,21+,22-,23+,25+;13-;14-;16-;12-;9-/m000000/s1. The first-order valence-corrected chi connectivity index (χ1v) is 46.5. The second kappa shape index (κ2) is 69.7. The molecule has 1 fully saturated rings. The van der Waals surface area contributed by atoms with Crippen LogP contribution in [0.4, 0.5) is 0 Å². The van der Waals surface area contributed by atoms with Crippen LogP contribution in [-0.2, 0) is 120 Å². The predicted octanol–water partition coefficient (Wildman–Crippen LogP) is 14.3. The summed E-state index contributed by atoms with van der Waals surface area (Å²) in [6.07, 6.45) is 16.3. The lowest BCUT2D eigenvalue weighted by atomic mass is 9.79. The number of benzene rings is 4. The van der Waals surface area contributed by atoms with Crippen LogP contribution < -0.4 is 4.74 Å². The molecule has 0 amide bonds. The molecule has 0 bridgehead atoms. The smallest absolute Gasteiger partial charge is 0.331 e. The van der Waals surface area contributed by atoms with Crippen molar-refractivity contribution in [2.45, 2.75) is 209 Å². The number of carbonyl (C=O) groups is 14. The lowest BCUT2D eigenvalue weighted by Crippen LogP contribution is -2.59. The highest BCUT2D eigenvalue weighted by Crippen LogP contribution is 2.38. The molecule has 132 heavy (non-hydrogen) atoms. The van der Waals surface area contributed by atoms with Crippen molar-refractivity contribution in [3.8, 4) is 11.5 Å². The summed E-state index contributed by atoms with van der Waals surface area (Å²) in [5.41, 5.74) is 7.31. The molecule has 7 N–H and O–H groups in total. The fourth-order valence-corrected chi connectivity index (χ4v) is 15.1. The number of aldehydes is 7. The van der Waals surface area contributed by atoms with E-state index in [4.69, 9.17) is 37.9 Å². The van der Waals surface area contributed by atoms with Crippen LogP contribution in [0.2, 0.25) is 0 Å². The maximum absolute atomic E-state index is 12.6. The second-order valence-corrected chi connectivity index (χ2v) is 32.2. The number of para-hydroxylation sites is 2. The van der Waals surface area contributed by atoms with Crippen molar-refractivity contribution < 1.29 is 136 Å². The predicted molar refractivity (Wildman–Crippen MR) is 505 cm³/mol. The maximum Gasteiger partial charge on any atom is 0.331 e. The Morgan fingerprint density at radius 1 is 0.523 bits per heavy atom. The molecule has 7 rings (SSSR count). The Morgan fingerprint density at radius 3 is 1.51 bits per heavy atom. The summed E-state index contributed by atoms with van der Waals surface area (Å²) in [4.78, 5) is 162. The van der Waals surface area contributed by atoms with Crippen molar-refractivity contribution in [3.05, 3.63) is 214 Å². The van der Waals surface area contributed by atoms with Gasteiger partial charge in [0.05, 0.1) is 70.3 Å². The minimum absolute atomic E-state index is 0.00156. The Hall–Kier alpha value is -11.2. The highest BCUT2D eigenvalue weighted by atomic mass is 32.2. The van der Waals surface area contributed by atoms with Gasteiger partial charge in [-0.3, -0.25) is 52.7 Å². The van der Waals surface area contributed by atoms with E-state index < -0.39 is 61.3 Å². The van der Waals surface area contributed by atoms with Gasteiger partial charge in [0, 0.05) is 60.3 Å². The van der Waals surface area contributed by atoms with Gasteiger partial charge in [-0.15, -0.1) is 0 Å². The first-order valence-electron chi connectivity index (χ1n) is 44.1. The van der Waals surface area contributed by atoms with Gasteiger partial charge < -0.3 is 83.1 Å². The Kier molecular flexibility index (Phi) is 61.7. The quantitative estimate of drug-likeness (QED) is 0.00475. The minimum Gasteiger partial charge on any atom is -0.508 e. The van der Waals surface area contributed by atoms with Gasteiger partial charge >= 0.3 is 35.8 Å². The van der Waals surface area contributed by atoms with E-state index in [2.05, 4.69) is 4.98 Å². The fourth-order valence-electron chi connectivity index (χ4n) is 13.8. The zero-order valence-corrected chi connectivity index (χ0v) is 79.1. The van der Waals surface area contributed by atoms with Crippen molar-refractivity contribution in [1.82, 2.24) is 4.98 Å². The zero-order chi connectivity index (χ0) is 98.1. The molecular weight excluding hydrogens is 1740 g/mol. The summed E-state index contributed by atoms with van der Waals surface area (Å²) in [7, 11) is 0. The van der Waals surface area contributed by atoms with Gasteiger partial charge in [0.1, 0.15) is 99.7 Å². The number of phenols is 1. The molecule has 0 saturated carbocycles. The summed E-state index contributed by atoms with van der Waals surface area (Å²) in [5, 5.41) is 60.1. The number of aromatic hydroxyl groups is 1. The number of esters is 5. The summed E-state index contributed by atoms with van der Waals surface area (Å²) in [6.45, 7) is 19.1. The van der Waals surface area contributed by atoms with Gasteiger partial charge in [-0.05, 0) is 203 Å². The van der Waals surface area contributed by atoms with Gasteiger partial charge in [0.25, 0.3) is 0 Å². The number of carbonyl (C=O) groups excluding carboxylic acids is 13. The molecule has 31 heteroatoms. The Bertz CT molecular complexity index is 4530. The van der Waals surface area contributed by atoms with Crippen LogP contribution in [0.5, 0.6) is 11.5 Å². The highest BCUT2D eigenvalue weighted by molar-refractivity contribution is 8.13. The van der Waals surface area contributed by atoms with Crippen molar-refractivity contribution in [2.24, 2.45) is 35.5 Å². The number of aryl methyl sites for hydroxylation is 1. The molecule has 1 aliphatic heterocycles. The van der Waals surface area contributed by atoms with Crippen LogP contribution in [0, 0.1) is 35.5 Å². The molecular formula is C101H133NO28S2. The van der Waals surface area contributed by atoms with Crippen LogP contribution in [0.1, 0.15) is 170 Å². The summed E-state index contributed by atoms with van der Waals surface area (Å²) in [5.74, 6) is -2.18. The average Bonchev–Trinajstić information content (AvgIpc) is 0.888. The number of aromatic nitrogens is 1. The Labute approximate surface area is 782 Å². The lowest BCUT2D eigenvalue weighted by molar-refractivity contribution is -0.308. The number of allylic oxidation sites excluding steroid dienone is 11. The molecule has 2 heterocycles. The van der Waals surface area contributed by atoms with E-state index in [1.54, 1.807) is 108 Å². The number of aliphatic carboxylic acids is 1. The maximum atomic E-state index is 12.6. The highest BCUT2D eigenvalue weighted by Gasteiger charge is 2.46. The number of carboxylic acid groups (broad SMARTS) is 1. The monoisotopic (exact) mass is 1870 g/mol. The van der Waals surface area contributed by atoms with E-state index in [0.717, 1.165) is 103 Å². The molecule has 29 nitrogen and oxygen atoms in total. The molecule has 2 aliphatic rings. The number of hydrogen-bond donors (Lipinski definition) is 7. The number of phenolic OH excluding ortho intramolecular Hbond substituents is 1. The first kappa shape index (κ1) is 117. The fraction of sp³-hybridized carbons (Fsp3) is 0.465. The number of aromatic amines is 1. The third kappa shape index (κ3) is 44.8. The van der Waals surface area contributed by atoms with E-state index in [9.17, 15) is 97.8 Å². The molecule has 0 unspecified atom stereocenters. The van der Waals surface area contributed by atoms with Crippen LogP contribution >= 0.6 is 23.5 Å². The van der Waals surface area contributed by atoms with Crippen molar-refractivity contribution in [2.75, 3.05) is 57.4 Å². The number of rotatable bonds is 50. The van der Waals surface area contributed by atoms with Crippen LogP contribution in [0.15, 0.2) is 197 Å². The molecule has 1 saturated heterocycles. The van der Waals surface area contributed by atoms with E-state index in [1.165, 1.54) is 29.5 Å². The van der Waals surface area contributed by atoms with Gasteiger partial charge in [-0.2, -0.15) is 11.8 Å². The number of hydrogen-bond acceptors (Lipinski definition) is 29. The molecule has 0 spiro atoms. The number of ether oxygens (including phenoxy) is 8. The Balaban J connectivity index is 0.000000551. The molecule has 0 radical (unpaired) electrons. The van der Waals surface area contributed by atoms with Gasteiger partial charge in [0.15, 0.2) is 11.4 Å². The first-order chi connectivity index (χ1) is 63.6. The molecule has 4 aromatic carbocycles. The number of nitrogens with one attached hydrogen (secondary N) is 1. The molecule has 1 aliphatic carbocycles. The van der Waals surface area contributed by atoms with Gasteiger partial charge in [-0.25, -0.2) is 4.79 Å². The summed E-state index contributed by atoms with van der Waals surface area (Å²) >= 11 is 2.96. The van der Waals surface area contributed by atoms with Crippen molar-refractivity contribution >= 4 is 119 Å². The van der Waals surface area contributed by atoms with Gasteiger partial charge in [-0.1, -0.05) is 154 Å². The summed E-state index contributed by atoms with van der Waals surface area (Å²) < 4.78 is 42.3. The number of aliphatic hydroxyl groups excluding tert-OH is 4. The van der Waals surface area contributed by atoms with Crippen LogP contribution in [0.25, 0.3) is 10.9 Å². The van der Waals surface area contributed by atoms with E-state index in [1.807, 2.05) is 125 Å². The van der Waals surface area contributed by atoms with Crippen LogP contribution in [-0.4, -0.2) is 215 Å². The lowest BCUT2D eigenvalue weighted by Gasteiger charge is -2.42. The van der Waals surface area contributed by atoms with E-state index >= 15 is 0 Å². The number of H-pyrrole nitrogens is 1. The van der Waals surface area contributed by atoms with E-state index in [0.29, 0.717) is 78.1 Å². The van der Waals surface area contributed by atoms with E-state index in [-0.39, 0.29) is 141 Å². The van der Waals surface area contributed by atoms with Gasteiger partial charge in [0.2, 0.25) is 0 Å². The minimum atomic E-state index is -1.62. The van der Waals surface area contributed by atoms with Crippen molar-refractivity contribution in [1.29, 1.82) is 0 Å². The molecule has 5 aromatic rings.